The number of methoxy groups -OCH3 is 1. The second kappa shape index (κ2) is 11.4. The second-order valence-corrected chi connectivity index (χ2v) is 10.4. The fourth-order valence-corrected chi connectivity index (χ4v) is 5.49. The molecule has 1 N–H and O–H groups in total. The third kappa shape index (κ3) is 5.09. The lowest BCUT2D eigenvalue weighted by Gasteiger charge is -2.22. The molecule has 0 aliphatic heterocycles. The minimum absolute atomic E-state index is 0.0342. The van der Waals surface area contributed by atoms with Crippen LogP contribution in [0, 0.1) is 11.3 Å². The number of nitriles is 1. The molecule has 6 rings (SSSR count). The van der Waals surface area contributed by atoms with Gasteiger partial charge in [-0.05, 0) is 54.3 Å². The van der Waals surface area contributed by atoms with Crippen LogP contribution in [-0.4, -0.2) is 26.2 Å². The van der Waals surface area contributed by atoms with E-state index in [0.29, 0.717) is 39.4 Å². The first-order valence-electron chi connectivity index (χ1n) is 13.5. The van der Waals surface area contributed by atoms with Gasteiger partial charge in [0.1, 0.15) is 40.6 Å². The van der Waals surface area contributed by atoms with Crippen molar-refractivity contribution < 1.29 is 4.74 Å². The number of nitrogens with zero attached hydrogens (tertiary/aromatic N) is 5. The molecule has 0 fully saturated rings. The highest BCUT2D eigenvalue weighted by molar-refractivity contribution is 6.35. The Labute approximate surface area is 251 Å². The van der Waals surface area contributed by atoms with E-state index >= 15 is 0 Å². The largest absolute Gasteiger partial charge is 0.497 e. The fraction of sp³-hybridized carbons (Fsp3) is 0.121. The normalized spacial score (nSPS) is 11.8. The van der Waals surface area contributed by atoms with Crippen LogP contribution in [0.1, 0.15) is 29.8 Å². The average Bonchev–Trinajstić information content (AvgIpc) is 3.03. The predicted molar refractivity (Wildman–Crippen MR) is 167 cm³/mol. The molecule has 0 saturated heterocycles. The van der Waals surface area contributed by atoms with Gasteiger partial charge in [0.2, 0.25) is 5.43 Å². The van der Waals surface area contributed by atoms with Gasteiger partial charge in [-0.2, -0.15) is 5.26 Å². The molecule has 3 heterocycles. The molecule has 10 heteroatoms. The van der Waals surface area contributed by atoms with Crippen molar-refractivity contribution in [2.24, 2.45) is 0 Å². The van der Waals surface area contributed by atoms with Crippen LogP contribution in [0.5, 0.6) is 5.75 Å². The molecule has 3 aromatic carbocycles. The molecule has 43 heavy (non-hydrogen) atoms. The molecule has 6 aromatic rings. The van der Waals surface area contributed by atoms with E-state index in [4.69, 9.17) is 16.3 Å². The van der Waals surface area contributed by atoms with Crippen molar-refractivity contribution >= 4 is 39.2 Å². The van der Waals surface area contributed by atoms with Crippen LogP contribution in [0.15, 0.2) is 101 Å². The Morgan fingerprint density at radius 1 is 1.00 bits per heavy atom. The summed E-state index contributed by atoms with van der Waals surface area (Å²) in [6.45, 7) is 2.24. The molecule has 0 aliphatic rings. The smallest absolute Gasteiger partial charge is 0.264 e. The molecule has 0 radical (unpaired) electrons. The third-order valence-corrected chi connectivity index (χ3v) is 7.64. The first-order chi connectivity index (χ1) is 20.9. The monoisotopic (exact) mass is 588 g/mol. The summed E-state index contributed by atoms with van der Waals surface area (Å²) >= 11 is 6.47. The third-order valence-electron chi connectivity index (χ3n) is 7.32. The Bertz CT molecular complexity index is 2150. The molecule has 1 unspecified atom stereocenters. The first-order valence-corrected chi connectivity index (χ1v) is 13.8. The standard InChI is InChI=1S/C33H25ClN6O3/c1-20(27-15-22-7-6-10-26(34)28(22)33(42)40(27)24-8-4-3-5-9-24)38-31-29-30(41)23(16-35)18-39(32(29)37-19-36-31)17-21-11-13-25(43-2)14-12-21/h3-15,18-20H,17H2,1-2H3,(H,36,37,38). The van der Waals surface area contributed by atoms with Crippen LogP contribution in [0.3, 0.4) is 0 Å². The molecule has 0 spiro atoms. The Morgan fingerprint density at radius 2 is 1.77 bits per heavy atom. The zero-order valence-electron chi connectivity index (χ0n) is 23.3. The highest BCUT2D eigenvalue weighted by Gasteiger charge is 2.21. The van der Waals surface area contributed by atoms with Gasteiger partial charge < -0.3 is 14.6 Å². The summed E-state index contributed by atoms with van der Waals surface area (Å²) in [6, 6.07) is 25.5. The van der Waals surface area contributed by atoms with Crippen molar-refractivity contribution in [1.29, 1.82) is 5.26 Å². The number of fused-ring (bicyclic) bond motifs is 2. The molecule has 212 valence electrons. The van der Waals surface area contributed by atoms with Gasteiger partial charge in [0.05, 0.1) is 23.6 Å². The number of nitrogens with one attached hydrogen (secondary N) is 1. The van der Waals surface area contributed by atoms with Crippen molar-refractivity contribution in [2.75, 3.05) is 12.4 Å². The molecular formula is C33H25ClN6O3. The molecule has 0 amide bonds. The van der Waals surface area contributed by atoms with E-state index in [2.05, 4.69) is 15.3 Å². The number of ether oxygens (including phenoxy) is 1. The maximum absolute atomic E-state index is 13.9. The van der Waals surface area contributed by atoms with Crippen LogP contribution < -0.4 is 21.0 Å². The SMILES string of the molecule is COc1ccc(Cn2cc(C#N)c(=O)c3c(NC(C)c4cc5cccc(Cl)c5c(=O)n4-c4ccccc4)ncnc32)cc1. The highest BCUT2D eigenvalue weighted by Crippen LogP contribution is 2.28. The molecule has 0 bridgehead atoms. The van der Waals surface area contributed by atoms with Crippen molar-refractivity contribution in [1.82, 2.24) is 19.1 Å². The number of anilines is 1. The predicted octanol–water partition coefficient (Wildman–Crippen LogP) is 5.85. The van der Waals surface area contributed by atoms with Crippen molar-refractivity contribution in [3.8, 4) is 17.5 Å². The van der Waals surface area contributed by atoms with Gasteiger partial charge in [-0.1, -0.05) is 54.1 Å². The maximum Gasteiger partial charge on any atom is 0.264 e. The lowest BCUT2D eigenvalue weighted by molar-refractivity contribution is 0.414. The van der Waals surface area contributed by atoms with Crippen LogP contribution >= 0.6 is 11.6 Å². The van der Waals surface area contributed by atoms with Crippen LogP contribution in [0.4, 0.5) is 5.82 Å². The Hall–Kier alpha value is -5.46. The summed E-state index contributed by atoms with van der Waals surface area (Å²) in [5.41, 5.74) is 1.82. The van der Waals surface area contributed by atoms with E-state index in [-0.39, 0.29) is 22.3 Å². The number of rotatable bonds is 7. The molecular weight excluding hydrogens is 564 g/mol. The fourth-order valence-electron chi connectivity index (χ4n) is 5.23. The van der Waals surface area contributed by atoms with Crippen LogP contribution in [0.2, 0.25) is 5.02 Å². The second-order valence-electron chi connectivity index (χ2n) is 10.00. The van der Waals surface area contributed by atoms with Gasteiger partial charge in [0, 0.05) is 24.1 Å². The lowest BCUT2D eigenvalue weighted by atomic mass is 10.1. The molecule has 9 nitrogen and oxygen atoms in total. The number of pyridine rings is 2. The number of hydrogen-bond acceptors (Lipinski definition) is 7. The van der Waals surface area contributed by atoms with Crippen molar-refractivity contribution in [2.45, 2.75) is 19.5 Å². The van der Waals surface area contributed by atoms with Gasteiger partial charge in [0.25, 0.3) is 5.56 Å². The maximum atomic E-state index is 13.9. The van der Waals surface area contributed by atoms with Gasteiger partial charge in [-0.25, -0.2) is 9.97 Å². The minimum atomic E-state index is -0.505. The quantitative estimate of drug-likeness (QED) is 0.249. The number of hydrogen-bond donors (Lipinski definition) is 1. The van der Waals surface area contributed by atoms with E-state index in [9.17, 15) is 14.9 Å². The summed E-state index contributed by atoms with van der Waals surface area (Å²) in [7, 11) is 1.60. The molecule has 0 aliphatic carbocycles. The zero-order chi connectivity index (χ0) is 30.1. The summed E-state index contributed by atoms with van der Waals surface area (Å²) in [5, 5.41) is 14.8. The minimum Gasteiger partial charge on any atom is -0.497 e. The van der Waals surface area contributed by atoms with E-state index in [1.807, 2.05) is 79.7 Å². The van der Waals surface area contributed by atoms with Gasteiger partial charge in [-0.3, -0.25) is 14.2 Å². The highest BCUT2D eigenvalue weighted by atomic mass is 35.5. The lowest BCUT2D eigenvalue weighted by Crippen LogP contribution is -2.26. The molecule has 0 saturated carbocycles. The first kappa shape index (κ1) is 27.7. The number of aromatic nitrogens is 4. The zero-order valence-corrected chi connectivity index (χ0v) is 24.0. The molecule has 3 aromatic heterocycles. The average molecular weight is 589 g/mol. The van der Waals surface area contributed by atoms with Gasteiger partial charge in [0.15, 0.2) is 0 Å². The summed E-state index contributed by atoms with van der Waals surface area (Å²) < 4.78 is 8.62. The summed E-state index contributed by atoms with van der Waals surface area (Å²) in [6.07, 6.45) is 2.88. The van der Waals surface area contributed by atoms with Crippen molar-refractivity contribution in [3.63, 3.8) is 0 Å². The number of halogens is 1. The number of para-hydroxylation sites is 1. The van der Waals surface area contributed by atoms with Gasteiger partial charge >= 0.3 is 0 Å². The van der Waals surface area contributed by atoms with E-state index in [1.165, 1.54) is 12.5 Å². The summed E-state index contributed by atoms with van der Waals surface area (Å²) in [4.78, 5) is 36.2. The Kier molecular flexibility index (Phi) is 7.36. The van der Waals surface area contributed by atoms with E-state index in [1.54, 1.807) is 28.4 Å². The van der Waals surface area contributed by atoms with Gasteiger partial charge in [-0.15, -0.1) is 0 Å². The Morgan fingerprint density at radius 3 is 2.49 bits per heavy atom. The topological polar surface area (TPSA) is 115 Å². The Balaban J connectivity index is 1.49. The van der Waals surface area contributed by atoms with Crippen LogP contribution in [0.25, 0.3) is 27.5 Å². The number of benzene rings is 3. The molecule has 1 atom stereocenters. The summed E-state index contributed by atoms with van der Waals surface area (Å²) in [5.74, 6) is 0.972. The van der Waals surface area contributed by atoms with Crippen molar-refractivity contribution in [3.05, 3.63) is 134 Å². The van der Waals surface area contributed by atoms with E-state index < -0.39 is 11.5 Å². The van der Waals surface area contributed by atoms with E-state index in [0.717, 1.165) is 11.3 Å². The van der Waals surface area contributed by atoms with Crippen LogP contribution in [-0.2, 0) is 6.54 Å².